The second kappa shape index (κ2) is 4.69. The van der Waals surface area contributed by atoms with Crippen molar-refractivity contribution in [3.05, 3.63) is 66.5 Å². The molecule has 1 aromatic heterocycles. The number of pyridine rings is 1. The molecule has 0 saturated heterocycles. The zero-order valence-electron chi connectivity index (χ0n) is 10.9. The number of nitrogens with zero attached hydrogens (tertiary/aromatic N) is 1. The molecule has 0 fully saturated rings. The third kappa shape index (κ3) is 1.75. The first kappa shape index (κ1) is 11.7. The van der Waals surface area contributed by atoms with Crippen molar-refractivity contribution in [1.82, 2.24) is 4.98 Å². The van der Waals surface area contributed by atoms with Crippen molar-refractivity contribution < 1.29 is 0 Å². The van der Waals surface area contributed by atoms with E-state index in [4.69, 9.17) is 0 Å². The second-order valence-corrected chi connectivity index (χ2v) is 4.50. The van der Waals surface area contributed by atoms with Crippen LogP contribution in [0.15, 0.2) is 55.4 Å². The maximum atomic E-state index is 4.26. The van der Waals surface area contributed by atoms with Gasteiger partial charge in [-0.1, -0.05) is 49.1 Å². The van der Waals surface area contributed by atoms with Crippen LogP contribution in [-0.4, -0.2) is 4.98 Å². The van der Waals surface area contributed by atoms with Crippen LogP contribution in [0.4, 0.5) is 0 Å². The summed E-state index contributed by atoms with van der Waals surface area (Å²) in [4.78, 5) is 4.26. The van der Waals surface area contributed by atoms with Gasteiger partial charge < -0.3 is 0 Å². The summed E-state index contributed by atoms with van der Waals surface area (Å²) in [5.41, 5.74) is 2.40. The van der Waals surface area contributed by atoms with Crippen molar-refractivity contribution in [3.8, 4) is 0 Å². The van der Waals surface area contributed by atoms with Gasteiger partial charge >= 0.3 is 0 Å². The fourth-order valence-corrected chi connectivity index (χ4v) is 2.65. The van der Waals surface area contributed by atoms with E-state index in [2.05, 4.69) is 54.0 Å². The summed E-state index contributed by atoms with van der Waals surface area (Å²) in [7, 11) is 0. The standard InChI is InChI=1S/C18H15N/c1-3-7-14-13(4-2)17-10-11-19-12-18(17)16-9-6-5-8-15(14)16/h3-12H,2H2,1H3/b7-3-. The number of fused-ring (bicyclic) bond motifs is 3. The lowest BCUT2D eigenvalue weighted by atomic mass is 9.92. The highest BCUT2D eigenvalue weighted by molar-refractivity contribution is 6.14. The molecule has 0 unspecified atom stereocenters. The van der Waals surface area contributed by atoms with Crippen LogP contribution in [-0.2, 0) is 0 Å². The molecule has 0 amide bonds. The molecule has 0 atom stereocenters. The van der Waals surface area contributed by atoms with Crippen LogP contribution in [0, 0.1) is 0 Å². The summed E-state index contributed by atoms with van der Waals surface area (Å²) in [5.74, 6) is 0. The first-order chi connectivity index (χ1) is 9.36. The molecule has 3 rings (SSSR count). The van der Waals surface area contributed by atoms with Gasteiger partial charge in [-0.15, -0.1) is 0 Å². The molecule has 0 aliphatic rings. The minimum absolute atomic E-state index is 1.18. The minimum Gasteiger partial charge on any atom is -0.264 e. The molecule has 0 N–H and O–H groups in total. The van der Waals surface area contributed by atoms with Gasteiger partial charge in [-0.2, -0.15) is 0 Å². The highest BCUT2D eigenvalue weighted by Gasteiger charge is 2.09. The number of allylic oxidation sites excluding steroid dienone is 1. The molecule has 0 bridgehead atoms. The molecule has 1 heterocycles. The predicted octanol–water partition coefficient (Wildman–Crippen LogP) is 5.06. The third-order valence-corrected chi connectivity index (χ3v) is 3.45. The van der Waals surface area contributed by atoms with Crippen LogP contribution < -0.4 is 0 Å². The van der Waals surface area contributed by atoms with E-state index in [1.165, 1.54) is 32.7 Å². The average Bonchev–Trinajstić information content (AvgIpc) is 2.48. The lowest BCUT2D eigenvalue weighted by Crippen LogP contribution is -1.89. The maximum Gasteiger partial charge on any atom is 0.0352 e. The van der Waals surface area contributed by atoms with Gasteiger partial charge in [-0.3, -0.25) is 4.98 Å². The van der Waals surface area contributed by atoms with Crippen LogP contribution in [0.5, 0.6) is 0 Å². The van der Waals surface area contributed by atoms with E-state index in [-0.39, 0.29) is 0 Å². The predicted molar refractivity (Wildman–Crippen MR) is 84.0 cm³/mol. The molecule has 92 valence electrons. The van der Waals surface area contributed by atoms with Gasteiger partial charge in [0.15, 0.2) is 0 Å². The van der Waals surface area contributed by atoms with Crippen molar-refractivity contribution >= 4 is 33.7 Å². The van der Waals surface area contributed by atoms with Gasteiger partial charge in [0.1, 0.15) is 0 Å². The third-order valence-electron chi connectivity index (χ3n) is 3.45. The molecule has 0 aliphatic carbocycles. The van der Waals surface area contributed by atoms with Crippen molar-refractivity contribution in [2.75, 3.05) is 0 Å². The number of rotatable bonds is 2. The number of aromatic nitrogens is 1. The zero-order chi connectivity index (χ0) is 13.2. The molecule has 19 heavy (non-hydrogen) atoms. The van der Waals surface area contributed by atoms with Gasteiger partial charge in [0.25, 0.3) is 0 Å². The molecular formula is C18H15N. The van der Waals surface area contributed by atoms with Crippen molar-refractivity contribution in [1.29, 1.82) is 0 Å². The summed E-state index contributed by atoms with van der Waals surface area (Å²) >= 11 is 0. The summed E-state index contributed by atoms with van der Waals surface area (Å²) in [5, 5.41) is 4.87. The summed E-state index contributed by atoms with van der Waals surface area (Å²) in [6.07, 6.45) is 9.93. The molecule has 3 aromatic rings. The lowest BCUT2D eigenvalue weighted by molar-refractivity contribution is 1.37. The quantitative estimate of drug-likeness (QED) is 0.575. The first-order valence-electron chi connectivity index (χ1n) is 6.40. The largest absolute Gasteiger partial charge is 0.264 e. The Balaban J connectivity index is 2.64. The Morgan fingerprint density at radius 1 is 0.947 bits per heavy atom. The molecule has 1 heteroatoms. The first-order valence-corrected chi connectivity index (χ1v) is 6.40. The normalized spacial score (nSPS) is 11.4. The monoisotopic (exact) mass is 245 g/mol. The molecular weight excluding hydrogens is 230 g/mol. The van der Waals surface area contributed by atoms with E-state index >= 15 is 0 Å². The van der Waals surface area contributed by atoms with Crippen molar-refractivity contribution in [3.63, 3.8) is 0 Å². The van der Waals surface area contributed by atoms with E-state index in [0.717, 1.165) is 0 Å². The van der Waals surface area contributed by atoms with E-state index in [0.29, 0.717) is 0 Å². The van der Waals surface area contributed by atoms with Crippen molar-refractivity contribution in [2.45, 2.75) is 6.92 Å². The average molecular weight is 245 g/mol. The van der Waals surface area contributed by atoms with Crippen molar-refractivity contribution in [2.24, 2.45) is 0 Å². The molecule has 2 aromatic carbocycles. The molecule has 1 nitrogen and oxygen atoms in total. The Kier molecular flexibility index (Phi) is 2.88. The Morgan fingerprint density at radius 3 is 2.42 bits per heavy atom. The van der Waals surface area contributed by atoms with Crippen LogP contribution in [0.3, 0.4) is 0 Å². The highest BCUT2D eigenvalue weighted by Crippen LogP contribution is 2.33. The smallest absolute Gasteiger partial charge is 0.0352 e. The van der Waals surface area contributed by atoms with E-state index in [1.807, 2.05) is 25.4 Å². The zero-order valence-corrected chi connectivity index (χ0v) is 10.9. The van der Waals surface area contributed by atoms with E-state index < -0.39 is 0 Å². The van der Waals surface area contributed by atoms with E-state index in [9.17, 15) is 0 Å². The van der Waals surface area contributed by atoms with Gasteiger partial charge in [0.2, 0.25) is 0 Å². The van der Waals surface area contributed by atoms with Crippen LogP contribution in [0.1, 0.15) is 18.1 Å². The Morgan fingerprint density at radius 2 is 1.68 bits per heavy atom. The van der Waals surface area contributed by atoms with Gasteiger partial charge in [-0.25, -0.2) is 0 Å². The lowest BCUT2D eigenvalue weighted by Gasteiger charge is -2.12. The second-order valence-electron chi connectivity index (χ2n) is 4.50. The topological polar surface area (TPSA) is 12.9 Å². The number of hydrogen-bond donors (Lipinski definition) is 0. The number of hydrogen-bond acceptors (Lipinski definition) is 1. The maximum absolute atomic E-state index is 4.26. The molecule has 0 spiro atoms. The van der Waals surface area contributed by atoms with Gasteiger partial charge in [0, 0.05) is 17.8 Å². The number of benzene rings is 2. The molecule has 0 saturated carbocycles. The Hall–Kier alpha value is -2.41. The summed E-state index contributed by atoms with van der Waals surface area (Å²) in [6, 6.07) is 10.5. The van der Waals surface area contributed by atoms with Gasteiger partial charge in [0.05, 0.1) is 0 Å². The summed E-state index contributed by atoms with van der Waals surface area (Å²) in [6.45, 7) is 6.02. The molecule has 0 radical (unpaired) electrons. The fourth-order valence-electron chi connectivity index (χ4n) is 2.65. The fraction of sp³-hybridized carbons (Fsp3) is 0.0556. The van der Waals surface area contributed by atoms with Crippen LogP contribution >= 0.6 is 0 Å². The highest BCUT2D eigenvalue weighted by atomic mass is 14.6. The minimum atomic E-state index is 1.18. The summed E-state index contributed by atoms with van der Waals surface area (Å²) < 4.78 is 0. The molecule has 0 aliphatic heterocycles. The van der Waals surface area contributed by atoms with Crippen LogP contribution in [0.2, 0.25) is 0 Å². The Labute approximate surface area is 112 Å². The van der Waals surface area contributed by atoms with E-state index in [1.54, 1.807) is 0 Å². The van der Waals surface area contributed by atoms with Crippen LogP contribution in [0.25, 0.3) is 33.7 Å². The Bertz CT molecular complexity index is 797. The van der Waals surface area contributed by atoms with Gasteiger partial charge in [-0.05, 0) is 40.3 Å². The SMILES string of the molecule is C=Cc1c(/C=C\C)c2ccccc2c2cnccc12.